The summed E-state index contributed by atoms with van der Waals surface area (Å²) in [6.45, 7) is 4.52. The molecule has 1 aromatic carbocycles. The van der Waals surface area contributed by atoms with E-state index >= 15 is 0 Å². The minimum atomic E-state index is -0.0452. The average Bonchev–Trinajstić information content (AvgIpc) is 3.20. The third kappa shape index (κ3) is 4.21. The Bertz CT molecular complexity index is 965. The Kier molecular flexibility index (Phi) is 6.09. The first kappa shape index (κ1) is 20.5. The number of hydrogen-bond donors (Lipinski definition) is 0. The second-order valence-electron chi connectivity index (χ2n) is 7.62. The topological polar surface area (TPSA) is 90.4 Å². The van der Waals surface area contributed by atoms with Gasteiger partial charge in [-0.1, -0.05) is 0 Å². The molecule has 0 bridgehead atoms. The molecule has 0 aliphatic carbocycles. The van der Waals surface area contributed by atoms with E-state index in [1.165, 1.54) is 0 Å². The molecule has 2 aliphatic heterocycles. The smallest absolute Gasteiger partial charge is 0.276 e. The molecule has 156 valence electrons. The van der Waals surface area contributed by atoms with Crippen molar-refractivity contribution in [2.45, 2.75) is 25.7 Å². The quantitative estimate of drug-likeness (QED) is 0.752. The van der Waals surface area contributed by atoms with E-state index < -0.39 is 0 Å². The van der Waals surface area contributed by atoms with Crippen molar-refractivity contribution in [3.63, 3.8) is 0 Å². The highest BCUT2D eigenvalue weighted by Crippen LogP contribution is 2.30. The van der Waals surface area contributed by atoms with Crippen LogP contribution in [0.4, 0.5) is 0 Å². The van der Waals surface area contributed by atoms with Gasteiger partial charge in [0, 0.05) is 49.2 Å². The molecule has 0 unspecified atom stereocenters. The Morgan fingerprint density at radius 1 is 1.07 bits per heavy atom. The predicted molar refractivity (Wildman–Crippen MR) is 114 cm³/mol. The molecule has 0 saturated carbocycles. The second-order valence-corrected chi connectivity index (χ2v) is 8.84. The maximum absolute atomic E-state index is 12.8. The summed E-state index contributed by atoms with van der Waals surface area (Å²) in [5.41, 5.74) is 1.55. The normalized spacial score (nSPS) is 17.6. The van der Waals surface area contributed by atoms with Crippen LogP contribution in [0.5, 0.6) is 0 Å². The Labute approximate surface area is 180 Å². The van der Waals surface area contributed by atoms with Crippen LogP contribution in [-0.2, 0) is 0 Å². The molecular weight excluding hydrogens is 400 g/mol. The van der Waals surface area contributed by atoms with Crippen LogP contribution in [0.2, 0.25) is 0 Å². The van der Waals surface area contributed by atoms with Crippen LogP contribution in [0, 0.1) is 18.3 Å². The summed E-state index contributed by atoms with van der Waals surface area (Å²) in [5, 5.41) is 8.90. The number of hydrogen-bond acceptors (Lipinski definition) is 6. The zero-order chi connectivity index (χ0) is 21.1. The number of carbonyl (C=O) groups is 2. The van der Waals surface area contributed by atoms with Gasteiger partial charge in [-0.2, -0.15) is 17.0 Å². The third-order valence-electron chi connectivity index (χ3n) is 5.71. The Morgan fingerprint density at radius 3 is 2.33 bits per heavy atom. The molecule has 0 radical (unpaired) electrons. The van der Waals surface area contributed by atoms with Crippen LogP contribution < -0.4 is 0 Å². The molecule has 0 spiro atoms. The van der Waals surface area contributed by atoms with Crippen LogP contribution in [0.15, 0.2) is 28.7 Å². The predicted octanol–water partition coefficient (Wildman–Crippen LogP) is 3.06. The summed E-state index contributed by atoms with van der Waals surface area (Å²) in [7, 11) is 0. The standard InChI is InChI=1S/C22H24N4O3S/c1-15-19(22(28)26-10-12-30-13-11-26)24-20(29-15)17-6-8-25(9-7-17)21(27)18-4-2-16(14-23)3-5-18/h2-5,17H,6-13H2,1H3. The molecule has 2 amide bonds. The molecule has 2 aromatic rings. The molecule has 2 saturated heterocycles. The van der Waals surface area contributed by atoms with Gasteiger partial charge in [-0.3, -0.25) is 9.59 Å². The lowest BCUT2D eigenvalue weighted by molar-refractivity contribution is 0.0705. The number of likely N-dealkylation sites (tertiary alicyclic amines) is 1. The first-order valence-corrected chi connectivity index (χ1v) is 11.4. The summed E-state index contributed by atoms with van der Waals surface area (Å²) in [6, 6.07) is 8.78. The average molecular weight is 425 g/mol. The molecule has 4 rings (SSSR count). The van der Waals surface area contributed by atoms with Crippen molar-refractivity contribution in [2.24, 2.45) is 0 Å². The summed E-state index contributed by atoms with van der Waals surface area (Å²) in [6.07, 6.45) is 1.49. The summed E-state index contributed by atoms with van der Waals surface area (Å²) in [5.74, 6) is 3.13. The SMILES string of the molecule is Cc1oc(C2CCN(C(=O)c3ccc(C#N)cc3)CC2)nc1C(=O)N1CCSCC1. The van der Waals surface area contributed by atoms with E-state index in [0.29, 0.717) is 41.6 Å². The zero-order valence-corrected chi connectivity index (χ0v) is 17.8. The fourth-order valence-corrected chi connectivity index (χ4v) is 4.81. The van der Waals surface area contributed by atoms with Gasteiger partial charge in [0.2, 0.25) is 0 Å². The number of carbonyl (C=O) groups excluding carboxylic acids is 2. The minimum Gasteiger partial charge on any atom is -0.445 e. The molecule has 30 heavy (non-hydrogen) atoms. The molecule has 8 heteroatoms. The summed E-state index contributed by atoms with van der Waals surface area (Å²) in [4.78, 5) is 33.7. The molecular formula is C22H24N4O3S. The fourth-order valence-electron chi connectivity index (χ4n) is 3.91. The van der Waals surface area contributed by atoms with Crippen LogP contribution in [0.1, 0.15) is 56.8 Å². The van der Waals surface area contributed by atoms with Crippen LogP contribution >= 0.6 is 11.8 Å². The number of thioether (sulfide) groups is 1. The number of nitriles is 1. The van der Waals surface area contributed by atoms with E-state index in [1.54, 1.807) is 31.2 Å². The highest BCUT2D eigenvalue weighted by atomic mass is 32.2. The van der Waals surface area contributed by atoms with Crippen molar-refractivity contribution in [3.05, 3.63) is 52.7 Å². The van der Waals surface area contributed by atoms with Gasteiger partial charge in [0.15, 0.2) is 11.6 Å². The Hall–Kier alpha value is -2.79. The van der Waals surface area contributed by atoms with Crippen molar-refractivity contribution in [1.82, 2.24) is 14.8 Å². The van der Waals surface area contributed by atoms with Crippen LogP contribution in [-0.4, -0.2) is 64.3 Å². The largest absolute Gasteiger partial charge is 0.445 e. The van der Waals surface area contributed by atoms with Crippen molar-refractivity contribution in [1.29, 1.82) is 5.26 Å². The maximum Gasteiger partial charge on any atom is 0.276 e. The number of benzene rings is 1. The lowest BCUT2D eigenvalue weighted by Gasteiger charge is -2.30. The van der Waals surface area contributed by atoms with E-state index in [4.69, 9.17) is 9.68 Å². The molecule has 3 heterocycles. The minimum absolute atomic E-state index is 0.0274. The van der Waals surface area contributed by atoms with Gasteiger partial charge < -0.3 is 14.2 Å². The Balaban J connectivity index is 1.38. The van der Waals surface area contributed by atoms with Gasteiger partial charge >= 0.3 is 0 Å². The van der Waals surface area contributed by atoms with E-state index in [1.807, 2.05) is 21.6 Å². The van der Waals surface area contributed by atoms with Crippen LogP contribution in [0.25, 0.3) is 0 Å². The molecule has 1 aromatic heterocycles. The molecule has 7 nitrogen and oxygen atoms in total. The number of aryl methyl sites for hydroxylation is 1. The number of rotatable bonds is 3. The first-order valence-electron chi connectivity index (χ1n) is 10.2. The van der Waals surface area contributed by atoms with Gasteiger partial charge in [0.05, 0.1) is 11.6 Å². The lowest BCUT2D eigenvalue weighted by atomic mass is 9.96. The van der Waals surface area contributed by atoms with E-state index in [0.717, 1.165) is 37.4 Å². The van der Waals surface area contributed by atoms with Crippen molar-refractivity contribution < 1.29 is 14.0 Å². The molecule has 0 atom stereocenters. The van der Waals surface area contributed by atoms with Crippen molar-refractivity contribution >= 4 is 23.6 Å². The van der Waals surface area contributed by atoms with Gasteiger partial charge in [-0.15, -0.1) is 0 Å². The Morgan fingerprint density at radius 2 is 1.70 bits per heavy atom. The van der Waals surface area contributed by atoms with E-state index in [9.17, 15) is 9.59 Å². The number of oxazole rings is 1. The van der Waals surface area contributed by atoms with Crippen molar-refractivity contribution in [2.75, 3.05) is 37.7 Å². The monoisotopic (exact) mass is 424 g/mol. The highest BCUT2D eigenvalue weighted by Gasteiger charge is 2.30. The maximum atomic E-state index is 12.8. The van der Waals surface area contributed by atoms with Gasteiger partial charge in [0.25, 0.3) is 11.8 Å². The van der Waals surface area contributed by atoms with Crippen LogP contribution in [0.3, 0.4) is 0 Å². The summed E-state index contributed by atoms with van der Waals surface area (Å²) < 4.78 is 5.87. The molecule has 2 fully saturated rings. The lowest BCUT2D eigenvalue weighted by Crippen LogP contribution is -2.38. The first-order chi connectivity index (χ1) is 14.6. The zero-order valence-electron chi connectivity index (χ0n) is 17.0. The summed E-state index contributed by atoms with van der Waals surface area (Å²) >= 11 is 1.86. The number of piperidine rings is 1. The fraction of sp³-hybridized carbons (Fsp3) is 0.455. The van der Waals surface area contributed by atoms with Gasteiger partial charge in [-0.05, 0) is 44.0 Å². The third-order valence-corrected chi connectivity index (χ3v) is 6.65. The van der Waals surface area contributed by atoms with Gasteiger partial charge in [-0.25, -0.2) is 4.98 Å². The number of nitrogens with zero attached hydrogens (tertiary/aromatic N) is 4. The van der Waals surface area contributed by atoms with Gasteiger partial charge in [0.1, 0.15) is 5.76 Å². The molecule has 2 aliphatic rings. The second kappa shape index (κ2) is 8.92. The number of aromatic nitrogens is 1. The van der Waals surface area contributed by atoms with E-state index in [2.05, 4.69) is 11.1 Å². The van der Waals surface area contributed by atoms with E-state index in [-0.39, 0.29) is 17.7 Å². The number of amides is 2. The molecule has 0 N–H and O–H groups in total. The highest BCUT2D eigenvalue weighted by molar-refractivity contribution is 7.99. The van der Waals surface area contributed by atoms with Crippen molar-refractivity contribution in [3.8, 4) is 6.07 Å².